The zero-order valence-corrected chi connectivity index (χ0v) is 27.9. The summed E-state index contributed by atoms with van der Waals surface area (Å²) < 4.78 is 5.11. The van der Waals surface area contributed by atoms with Crippen molar-refractivity contribution >= 4 is 85.6 Å². The summed E-state index contributed by atoms with van der Waals surface area (Å²) in [5.74, 6) is 0. The van der Waals surface area contributed by atoms with Crippen molar-refractivity contribution in [1.82, 2.24) is 4.57 Å². The molecule has 9 aromatic carbocycles. The third kappa shape index (κ3) is 3.94. The first-order valence-electron chi connectivity index (χ1n) is 17.2. The highest BCUT2D eigenvalue weighted by Gasteiger charge is 2.19. The smallest absolute Gasteiger partial charge is 0.0719 e. The monoisotopic (exact) mass is 651 g/mol. The Labute approximate surface area is 292 Å². The summed E-state index contributed by atoms with van der Waals surface area (Å²) in [6.07, 6.45) is 0. The van der Waals surface area contributed by atoms with E-state index >= 15 is 0 Å². The molecular formula is C48H29NS. The van der Waals surface area contributed by atoms with Gasteiger partial charge in [-0.3, -0.25) is 0 Å². The summed E-state index contributed by atoms with van der Waals surface area (Å²) in [7, 11) is 0. The van der Waals surface area contributed by atoms with Crippen molar-refractivity contribution in [3.63, 3.8) is 0 Å². The van der Waals surface area contributed by atoms with Crippen molar-refractivity contribution in [3.05, 3.63) is 176 Å². The molecule has 0 spiro atoms. The Kier molecular flexibility index (Phi) is 5.89. The first-order chi connectivity index (χ1) is 24.8. The number of hydrogen-bond acceptors (Lipinski definition) is 1. The van der Waals surface area contributed by atoms with E-state index < -0.39 is 0 Å². The van der Waals surface area contributed by atoms with Gasteiger partial charge < -0.3 is 4.57 Å². The summed E-state index contributed by atoms with van der Waals surface area (Å²) in [6, 6.07) is 64.7. The Morgan fingerprint density at radius 1 is 0.320 bits per heavy atom. The van der Waals surface area contributed by atoms with Gasteiger partial charge in [0.15, 0.2) is 0 Å². The van der Waals surface area contributed by atoms with Crippen molar-refractivity contribution in [2.45, 2.75) is 0 Å². The molecule has 2 heteroatoms. The maximum absolute atomic E-state index is 2.45. The van der Waals surface area contributed by atoms with E-state index in [0.29, 0.717) is 0 Å². The third-order valence-electron chi connectivity index (χ3n) is 10.6. The lowest BCUT2D eigenvalue weighted by molar-refractivity contribution is 1.19. The molecular weight excluding hydrogens is 623 g/mol. The first kappa shape index (κ1) is 27.7. The highest BCUT2D eigenvalue weighted by molar-refractivity contribution is 7.27. The zero-order valence-electron chi connectivity index (χ0n) is 27.1. The van der Waals surface area contributed by atoms with Gasteiger partial charge in [0.2, 0.25) is 0 Å². The van der Waals surface area contributed by atoms with Gasteiger partial charge in [-0.05, 0) is 78.8 Å². The molecule has 11 aromatic rings. The van der Waals surface area contributed by atoms with E-state index in [-0.39, 0.29) is 0 Å². The lowest BCUT2D eigenvalue weighted by atomic mass is 9.92. The Balaban J connectivity index is 1.07. The number of benzene rings is 9. The van der Waals surface area contributed by atoms with E-state index in [1.807, 2.05) is 11.3 Å². The van der Waals surface area contributed by atoms with Crippen LogP contribution in [0.1, 0.15) is 0 Å². The molecule has 11 rings (SSSR count). The van der Waals surface area contributed by atoms with Crippen LogP contribution in [0.3, 0.4) is 0 Å². The van der Waals surface area contributed by atoms with Crippen LogP contribution in [0.4, 0.5) is 0 Å². The van der Waals surface area contributed by atoms with Crippen LogP contribution in [0.15, 0.2) is 176 Å². The second kappa shape index (κ2) is 10.6. The molecule has 0 unspecified atom stereocenters. The first-order valence-corrected chi connectivity index (χ1v) is 18.0. The molecule has 2 aromatic heterocycles. The molecule has 0 saturated carbocycles. The molecule has 0 N–H and O–H groups in total. The van der Waals surface area contributed by atoms with Gasteiger partial charge in [0.25, 0.3) is 0 Å². The van der Waals surface area contributed by atoms with E-state index in [0.717, 1.165) is 0 Å². The number of para-hydroxylation sites is 2. The number of hydrogen-bond donors (Lipinski definition) is 0. The van der Waals surface area contributed by atoms with Gasteiger partial charge in [-0.15, -0.1) is 11.3 Å². The van der Waals surface area contributed by atoms with Crippen molar-refractivity contribution in [1.29, 1.82) is 0 Å². The second-order valence-corrected chi connectivity index (χ2v) is 14.3. The largest absolute Gasteiger partial charge is 0.308 e. The number of fused-ring (bicyclic) bond motifs is 13. The van der Waals surface area contributed by atoms with Crippen LogP contribution in [0.5, 0.6) is 0 Å². The maximum Gasteiger partial charge on any atom is 0.0719 e. The molecule has 50 heavy (non-hydrogen) atoms. The molecule has 0 fully saturated rings. The average molecular weight is 652 g/mol. The summed E-state index contributed by atoms with van der Waals surface area (Å²) in [6.45, 7) is 0. The number of thiophene rings is 1. The minimum absolute atomic E-state index is 1.19. The summed E-state index contributed by atoms with van der Waals surface area (Å²) in [4.78, 5) is 0. The predicted octanol–water partition coefficient (Wildman–Crippen LogP) is 13.9. The third-order valence-corrected chi connectivity index (χ3v) is 11.8. The highest BCUT2D eigenvalue weighted by atomic mass is 32.1. The lowest BCUT2D eigenvalue weighted by Crippen LogP contribution is -1.92. The van der Waals surface area contributed by atoms with Crippen molar-refractivity contribution in [3.8, 4) is 27.9 Å². The van der Waals surface area contributed by atoms with E-state index in [9.17, 15) is 0 Å². The molecule has 0 aliphatic carbocycles. The number of nitrogens with zero attached hydrogens (tertiary/aromatic N) is 1. The molecule has 0 bridgehead atoms. The minimum atomic E-state index is 1.19. The van der Waals surface area contributed by atoms with Crippen LogP contribution in [-0.2, 0) is 0 Å². The quantitative estimate of drug-likeness (QED) is 0.168. The Bertz CT molecular complexity index is 3090. The van der Waals surface area contributed by atoms with Gasteiger partial charge in [0.05, 0.1) is 15.7 Å². The zero-order chi connectivity index (χ0) is 32.8. The molecule has 2 heterocycles. The Morgan fingerprint density at radius 2 is 0.840 bits per heavy atom. The molecule has 232 valence electrons. The molecule has 0 amide bonds. The second-order valence-electron chi connectivity index (χ2n) is 13.2. The van der Waals surface area contributed by atoms with Crippen molar-refractivity contribution in [2.24, 2.45) is 0 Å². The number of rotatable bonds is 3. The van der Waals surface area contributed by atoms with Crippen LogP contribution in [0, 0.1) is 0 Å². The predicted molar refractivity (Wildman–Crippen MR) is 217 cm³/mol. The standard InChI is InChI=1S/C48H29NS/c1-2-11-33(12-3-1)49-45-20-9-8-17-40(45)41-27-28-43-42-19-10-18-34(47(42)50-48(43)46(41)49)31-23-21-30(22-24-31)32-25-26-39-37-15-5-4-13-35(37)36-14-6-7-16-38(36)44(39)29-32/h1-29H. The van der Waals surface area contributed by atoms with E-state index in [1.54, 1.807) is 0 Å². The number of aromatic nitrogens is 1. The van der Waals surface area contributed by atoms with Gasteiger partial charge in [0.1, 0.15) is 0 Å². The van der Waals surface area contributed by atoms with E-state index in [1.165, 1.54) is 102 Å². The van der Waals surface area contributed by atoms with Gasteiger partial charge in [-0.1, -0.05) is 152 Å². The van der Waals surface area contributed by atoms with Gasteiger partial charge in [-0.2, -0.15) is 0 Å². The van der Waals surface area contributed by atoms with Crippen LogP contribution >= 0.6 is 11.3 Å². The fraction of sp³-hybridized carbons (Fsp3) is 0. The van der Waals surface area contributed by atoms with Gasteiger partial charge >= 0.3 is 0 Å². The SMILES string of the molecule is c1ccc(-n2c3ccccc3c3ccc4c5cccc(-c6ccc(-c7ccc8c9ccccc9c9ccccc9c8c7)cc6)c5sc4c32)cc1. The molecule has 0 aliphatic heterocycles. The Morgan fingerprint density at radius 3 is 1.58 bits per heavy atom. The molecule has 0 aliphatic rings. The van der Waals surface area contributed by atoms with Crippen LogP contribution < -0.4 is 0 Å². The van der Waals surface area contributed by atoms with Crippen molar-refractivity contribution < 1.29 is 0 Å². The topological polar surface area (TPSA) is 4.93 Å². The van der Waals surface area contributed by atoms with Crippen molar-refractivity contribution in [2.75, 3.05) is 0 Å². The minimum Gasteiger partial charge on any atom is -0.308 e. The Hall–Kier alpha value is -6.22. The summed E-state index contributed by atoms with van der Waals surface area (Å²) in [5.41, 5.74) is 8.70. The van der Waals surface area contributed by atoms with Crippen LogP contribution in [-0.4, -0.2) is 4.57 Å². The molecule has 0 atom stereocenters. The lowest BCUT2D eigenvalue weighted by Gasteiger charge is -2.12. The molecule has 0 saturated heterocycles. The highest BCUT2D eigenvalue weighted by Crippen LogP contribution is 2.46. The normalized spacial score (nSPS) is 12.0. The maximum atomic E-state index is 2.45. The summed E-state index contributed by atoms with van der Waals surface area (Å²) in [5, 5.41) is 13.0. The average Bonchev–Trinajstić information content (AvgIpc) is 3.74. The fourth-order valence-electron chi connectivity index (χ4n) is 8.31. The van der Waals surface area contributed by atoms with Gasteiger partial charge in [-0.25, -0.2) is 0 Å². The van der Waals surface area contributed by atoms with Crippen LogP contribution in [0.25, 0.3) is 102 Å². The van der Waals surface area contributed by atoms with E-state index in [4.69, 9.17) is 0 Å². The fourth-order valence-corrected chi connectivity index (χ4v) is 9.68. The van der Waals surface area contributed by atoms with Crippen LogP contribution in [0.2, 0.25) is 0 Å². The van der Waals surface area contributed by atoms with Gasteiger partial charge in [0, 0.05) is 31.9 Å². The molecule has 1 nitrogen and oxygen atoms in total. The summed E-state index contributed by atoms with van der Waals surface area (Å²) >= 11 is 1.92. The molecule has 0 radical (unpaired) electrons. The van der Waals surface area contributed by atoms with E-state index in [2.05, 4.69) is 180 Å².